The lowest BCUT2D eigenvalue weighted by Gasteiger charge is -2.17. The lowest BCUT2D eigenvalue weighted by molar-refractivity contribution is -0.129. The Hall–Kier alpha value is -2.50. The van der Waals surface area contributed by atoms with Crippen LogP contribution in [0.15, 0.2) is 64.7 Å². The Bertz CT molecular complexity index is 1040. The Morgan fingerprint density at radius 3 is 2.73 bits per heavy atom. The zero-order valence-corrected chi connectivity index (χ0v) is 16.0. The van der Waals surface area contributed by atoms with Gasteiger partial charge in [0.2, 0.25) is 5.91 Å². The molecule has 2 aromatic heterocycles. The normalized spacial score (nSPS) is 11.0. The predicted molar refractivity (Wildman–Crippen MR) is 110 cm³/mol. The predicted octanol–water partition coefficient (Wildman–Crippen LogP) is 5.23. The number of rotatable bonds is 5. The largest absolute Gasteiger partial charge is 0.341 e. The van der Waals surface area contributed by atoms with Gasteiger partial charge >= 0.3 is 0 Å². The number of fused-ring (bicyclic) bond motifs is 1. The van der Waals surface area contributed by atoms with Gasteiger partial charge in [0.1, 0.15) is 5.01 Å². The van der Waals surface area contributed by atoms with E-state index in [1.54, 1.807) is 27.6 Å². The van der Waals surface area contributed by atoms with Gasteiger partial charge in [0.25, 0.3) is 0 Å². The molecule has 0 saturated heterocycles. The minimum absolute atomic E-state index is 0.0836. The summed E-state index contributed by atoms with van der Waals surface area (Å²) in [4.78, 5) is 18.9. The molecule has 4 aromatic rings. The first kappa shape index (κ1) is 16.9. The second-order valence-corrected chi connectivity index (χ2v) is 7.90. The molecule has 0 aliphatic carbocycles. The quantitative estimate of drug-likeness (QED) is 0.477. The second-order valence-electron chi connectivity index (χ2n) is 6.26. The van der Waals surface area contributed by atoms with Crippen LogP contribution in [0, 0.1) is 0 Å². The summed E-state index contributed by atoms with van der Waals surface area (Å²) < 4.78 is 0. The number of amides is 1. The molecule has 130 valence electrons. The molecule has 0 fully saturated rings. The number of thiazole rings is 1. The van der Waals surface area contributed by atoms with Gasteiger partial charge in [-0.2, -0.15) is 11.3 Å². The molecular formula is C21H18N2OS2. The van der Waals surface area contributed by atoms with Gasteiger partial charge in [-0.3, -0.25) is 4.79 Å². The van der Waals surface area contributed by atoms with E-state index in [1.807, 2.05) is 29.9 Å². The van der Waals surface area contributed by atoms with E-state index in [0.29, 0.717) is 13.0 Å². The third-order valence-electron chi connectivity index (χ3n) is 4.31. The highest BCUT2D eigenvalue weighted by Gasteiger charge is 2.13. The van der Waals surface area contributed by atoms with Crippen molar-refractivity contribution in [2.45, 2.75) is 13.0 Å². The van der Waals surface area contributed by atoms with E-state index < -0.39 is 0 Å². The van der Waals surface area contributed by atoms with E-state index in [9.17, 15) is 4.79 Å². The van der Waals surface area contributed by atoms with Crippen LogP contribution in [-0.2, 0) is 17.8 Å². The Kier molecular flexibility index (Phi) is 4.82. The van der Waals surface area contributed by atoms with Crippen LogP contribution in [-0.4, -0.2) is 22.8 Å². The molecule has 2 aromatic carbocycles. The van der Waals surface area contributed by atoms with Gasteiger partial charge in [-0.25, -0.2) is 4.98 Å². The summed E-state index contributed by atoms with van der Waals surface area (Å²) in [5.74, 6) is 0.0836. The van der Waals surface area contributed by atoms with Crippen molar-refractivity contribution in [2.24, 2.45) is 0 Å². The monoisotopic (exact) mass is 378 g/mol. The number of thiophene rings is 1. The molecule has 0 aliphatic heterocycles. The summed E-state index contributed by atoms with van der Waals surface area (Å²) in [6, 6.07) is 16.7. The molecule has 0 spiro atoms. The van der Waals surface area contributed by atoms with Crippen LogP contribution < -0.4 is 0 Å². The summed E-state index contributed by atoms with van der Waals surface area (Å²) in [6.07, 6.45) is 0.338. The van der Waals surface area contributed by atoms with Crippen molar-refractivity contribution in [1.29, 1.82) is 0 Å². The molecular weight excluding hydrogens is 360 g/mol. The lowest BCUT2D eigenvalue weighted by atomic mass is 10.1. The van der Waals surface area contributed by atoms with Crippen LogP contribution in [0.1, 0.15) is 11.3 Å². The SMILES string of the molecule is CN(Cc1ccc2ccccc2c1)C(=O)Cc1csc(-c2ccsc2)n1. The topological polar surface area (TPSA) is 33.2 Å². The highest BCUT2D eigenvalue weighted by molar-refractivity contribution is 7.14. The molecule has 0 unspecified atom stereocenters. The number of benzene rings is 2. The first-order valence-corrected chi connectivity index (χ1v) is 10.2. The van der Waals surface area contributed by atoms with E-state index >= 15 is 0 Å². The number of carbonyl (C=O) groups excluding carboxylic acids is 1. The standard InChI is InChI=1S/C21H18N2OS2/c1-23(12-15-6-7-16-4-2-3-5-17(16)10-15)20(24)11-19-14-26-21(22-19)18-8-9-25-13-18/h2-10,13-14H,11-12H2,1H3. The van der Waals surface area contributed by atoms with Crippen molar-refractivity contribution < 1.29 is 4.79 Å². The summed E-state index contributed by atoms with van der Waals surface area (Å²) >= 11 is 3.25. The number of carbonyl (C=O) groups is 1. The van der Waals surface area contributed by atoms with Gasteiger partial charge < -0.3 is 4.90 Å². The highest BCUT2D eigenvalue weighted by atomic mass is 32.1. The van der Waals surface area contributed by atoms with Crippen molar-refractivity contribution >= 4 is 39.4 Å². The van der Waals surface area contributed by atoms with Crippen molar-refractivity contribution in [3.8, 4) is 10.6 Å². The maximum absolute atomic E-state index is 12.6. The minimum Gasteiger partial charge on any atom is -0.341 e. The van der Waals surface area contributed by atoms with Crippen molar-refractivity contribution in [3.05, 3.63) is 75.9 Å². The molecule has 0 bridgehead atoms. The van der Waals surface area contributed by atoms with Crippen LogP contribution in [0.4, 0.5) is 0 Å². The van der Waals surface area contributed by atoms with Gasteiger partial charge in [-0.1, -0.05) is 36.4 Å². The molecule has 1 amide bonds. The smallest absolute Gasteiger partial charge is 0.228 e. The number of hydrogen-bond acceptors (Lipinski definition) is 4. The van der Waals surface area contributed by atoms with Crippen LogP contribution in [0.2, 0.25) is 0 Å². The molecule has 0 saturated carbocycles. The minimum atomic E-state index is 0.0836. The number of hydrogen-bond donors (Lipinski definition) is 0. The molecule has 0 N–H and O–H groups in total. The molecule has 26 heavy (non-hydrogen) atoms. The molecule has 0 aliphatic rings. The molecule has 2 heterocycles. The highest BCUT2D eigenvalue weighted by Crippen LogP contribution is 2.26. The number of likely N-dealkylation sites (N-methyl/N-ethyl adjacent to an activating group) is 1. The van der Waals surface area contributed by atoms with Gasteiger partial charge in [0.15, 0.2) is 0 Å². The van der Waals surface area contributed by atoms with Crippen molar-refractivity contribution in [2.75, 3.05) is 7.05 Å². The third-order valence-corrected chi connectivity index (χ3v) is 5.94. The summed E-state index contributed by atoms with van der Waals surface area (Å²) in [6.45, 7) is 0.602. The average molecular weight is 379 g/mol. The first-order valence-electron chi connectivity index (χ1n) is 8.38. The fraction of sp³-hybridized carbons (Fsp3) is 0.143. The molecule has 5 heteroatoms. The third kappa shape index (κ3) is 3.69. The Morgan fingerprint density at radius 1 is 1.08 bits per heavy atom. The van der Waals surface area contributed by atoms with E-state index in [1.165, 1.54) is 10.8 Å². The number of aromatic nitrogens is 1. The Balaban J connectivity index is 1.42. The Morgan fingerprint density at radius 2 is 1.92 bits per heavy atom. The maximum atomic E-state index is 12.6. The van der Waals surface area contributed by atoms with E-state index in [2.05, 4.69) is 46.8 Å². The van der Waals surface area contributed by atoms with Gasteiger partial charge in [-0.15, -0.1) is 11.3 Å². The average Bonchev–Trinajstić information content (AvgIpc) is 3.33. The molecule has 3 nitrogen and oxygen atoms in total. The summed E-state index contributed by atoms with van der Waals surface area (Å²) in [7, 11) is 1.85. The Labute approximate surface area is 160 Å². The van der Waals surface area contributed by atoms with Crippen LogP contribution in [0.3, 0.4) is 0 Å². The van der Waals surface area contributed by atoms with Crippen molar-refractivity contribution in [1.82, 2.24) is 9.88 Å². The second kappa shape index (κ2) is 7.40. The van der Waals surface area contributed by atoms with Crippen LogP contribution >= 0.6 is 22.7 Å². The maximum Gasteiger partial charge on any atom is 0.228 e. The van der Waals surface area contributed by atoms with Crippen LogP contribution in [0.5, 0.6) is 0 Å². The van der Waals surface area contributed by atoms with Crippen molar-refractivity contribution in [3.63, 3.8) is 0 Å². The number of nitrogens with zero attached hydrogens (tertiary/aromatic N) is 2. The molecule has 4 rings (SSSR count). The zero-order chi connectivity index (χ0) is 17.9. The fourth-order valence-electron chi connectivity index (χ4n) is 2.90. The van der Waals surface area contributed by atoms with Gasteiger partial charge in [0, 0.05) is 29.9 Å². The summed E-state index contributed by atoms with van der Waals surface area (Å²) in [5, 5.41) is 9.50. The fourth-order valence-corrected chi connectivity index (χ4v) is 4.43. The lowest BCUT2D eigenvalue weighted by Crippen LogP contribution is -2.27. The van der Waals surface area contributed by atoms with E-state index in [4.69, 9.17) is 0 Å². The van der Waals surface area contributed by atoms with E-state index in [0.717, 1.165) is 21.8 Å². The van der Waals surface area contributed by atoms with Crippen LogP contribution in [0.25, 0.3) is 21.3 Å². The first-order chi connectivity index (χ1) is 12.7. The van der Waals surface area contributed by atoms with Gasteiger partial charge in [-0.05, 0) is 33.8 Å². The van der Waals surface area contributed by atoms with E-state index in [-0.39, 0.29) is 5.91 Å². The zero-order valence-electron chi connectivity index (χ0n) is 14.4. The van der Waals surface area contributed by atoms with Gasteiger partial charge in [0.05, 0.1) is 12.1 Å². The molecule has 0 radical (unpaired) electrons. The summed E-state index contributed by atoms with van der Waals surface area (Å²) in [5.41, 5.74) is 3.10. The molecule has 0 atom stereocenters.